The van der Waals surface area contributed by atoms with Crippen LogP contribution in [0.2, 0.25) is 0 Å². The SMILES string of the molecule is C[C@@H]1C=C[C@H](c2ccc(C(F)(F)F)cc2)OO1. The van der Waals surface area contributed by atoms with Gasteiger partial charge in [0, 0.05) is 0 Å². The molecule has 2 nitrogen and oxygen atoms in total. The van der Waals surface area contributed by atoms with E-state index in [1.54, 1.807) is 19.1 Å². The summed E-state index contributed by atoms with van der Waals surface area (Å²) < 4.78 is 37.0. The van der Waals surface area contributed by atoms with Crippen LogP contribution in [0.25, 0.3) is 0 Å². The van der Waals surface area contributed by atoms with Crippen molar-refractivity contribution < 1.29 is 22.9 Å². The van der Waals surface area contributed by atoms with Gasteiger partial charge in [0.1, 0.15) is 12.2 Å². The van der Waals surface area contributed by atoms with Crippen LogP contribution in [0.3, 0.4) is 0 Å². The van der Waals surface area contributed by atoms with Crippen molar-refractivity contribution in [3.63, 3.8) is 0 Å². The summed E-state index contributed by atoms with van der Waals surface area (Å²) in [6.07, 6.45) is -1.34. The molecule has 2 rings (SSSR count). The summed E-state index contributed by atoms with van der Waals surface area (Å²) in [5.41, 5.74) is -0.0449. The molecule has 2 atom stereocenters. The normalized spacial score (nSPS) is 24.9. The van der Waals surface area contributed by atoms with Crippen molar-refractivity contribution in [2.75, 3.05) is 0 Å². The molecule has 0 aliphatic carbocycles. The molecule has 1 heterocycles. The van der Waals surface area contributed by atoms with Gasteiger partial charge in [0.05, 0.1) is 5.56 Å². The van der Waals surface area contributed by atoms with Gasteiger partial charge in [0.2, 0.25) is 0 Å². The second-order valence-electron chi connectivity index (χ2n) is 3.82. The monoisotopic (exact) mass is 244 g/mol. The standard InChI is InChI=1S/C12H11F3O2/c1-8-2-7-11(17-16-8)9-3-5-10(6-4-9)12(13,14)15/h2-8,11H,1H3/t8-,11-/m1/s1. The molecule has 0 unspecified atom stereocenters. The third-order valence-electron chi connectivity index (χ3n) is 2.43. The van der Waals surface area contributed by atoms with Gasteiger partial charge in [-0.1, -0.05) is 18.2 Å². The van der Waals surface area contributed by atoms with E-state index in [9.17, 15) is 13.2 Å². The first-order chi connectivity index (χ1) is 7.97. The van der Waals surface area contributed by atoms with E-state index in [0.717, 1.165) is 12.1 Å². The Kier molecular flexibility index (Phi) is 3.22. The third kappa shape index (κ3) is 2.87. The van der Waals surface area contributed by atoms with Gasteiger partial charge in [0.15, 0.2) is 0 Å². The van der Waals surface area contributed by atoms with Crippen molar-refractivity contribution in [2.24, 2.45) is 0 Å². The van der Waals surface area contributed by atoms with Gasteiger partial charge in [0.25, 0.3) is 0 Å². The van der Waals surface area contributed by atoms with E-state index in [0.29, 0.717) is 5.56 Å². The van der Waals surface area contributed by atoms with Gasteiger partial charge < -0.3 is 0 Å². The van der Waals surface area contributed by atoms with Crippen molar-refractivity contribution in [3.8, 4) is 0 Å². The van der Waals surface area contributed by atoms with Gasteiger partial charge in [-0.25, -0.2) is 9.78 Å². The zero-order chi connectivity index (χ0) is 12.5. The summed E-state index contributed by atoms with van der Waals surface area (Å²) in [7, 11) is 0. The Labute approximate surface area is 96.6 Å². The van der Waals surface area contributed by atoms with Gasteiger partial charge in [-0.15, -0.1) is 0 Å². The first-order valence-electron chi connectivity index (χ1n) is 5.14. The third-order valence-corrected chi connectivity index (χ3v) is 2.43. The molecular weight excluding hydrogens is 233 g/mol. The Morgan fingerprint density at radius 1 is 1.00 bits per heavy atom. The molecule has 1 aliphatic heterocycles. The predicted molar refractivity (Wildman–Crippen MR) is 55.0 cm³/mol. The van der Waals surface area contributed by atoms with E-state index in [-0.39, 0.29) is 6.10 Å². The Morgan fingerprint density at radius 3 is 2.12 bits per heavy atom. The van der Waals surface area contributed by atoms with Crippen LogP contribution in [-0.4, -0.2) is 6.10 Å². The van der Waals surface area contributed by atoms with E-state index >= 15 is 0 Å². The van der Waals surface area contributed by atoms with E-state index < -0.39 is 17.8 Å². The second-order valence-corrected chi connectivity index (χ2v) is 3.82. The molecule has 0 fully saturated rings. The Balaban J connectivity index is 2.16. The molecule has 17 heavy (non-hydrogen) atoms. The maximum atomic E-state index is 12.3. The lowest BCUT2D eigenvalue weighted by Crippen LogP contribution is -2.15. The van der Waals surface area contributed by atoms with Gasteiger partial charge in [-0.05, 0) is 30.7 Å². The highest BCUT2D eigenvalue weighted by Gasteiger charge is 2.30. The molecule has 0 saturated carbocycles. The molecule has 1 aromatic carbocycles. The minimum absolute atomic E-state index is 0.138. The molecule has 0 amide bonds. The first-order valence-corrected chi connectivity index (χ1v) is 5.14. The average Bonchev–Trinajstić information content (AvgIpc) is 2.29. The topological polar surface area (TPSA) is 18.5 Å². The maximum Gasteiger partial charge on any atom is 0.416 e. The van der Waals surface area contributed by atoms with E-state index in [1.807, 2.05) is 0 Å². The highest BCUT2D eigenvalue weighted by atomic mass is 19.4. The van der Waals surface area contributed by atoms with E-state index in [1.165, 1.54) is 12.1 Å². The molecule has 0 radical (unpaired) electrons. The molecule has 0 bridgehead atoms. The molecule has 0 spiro atoms. The fraction of sp³-hybridized carbons (Fsp3) is 0.333. The summed E-state index contributed by atoms with van der Waals surface area (Å²) in [5, 5.41) is 0. The Morgan fingerprint density at radius 2 is 1.65 bits per heavy atom. The van der Waals surface area contributed by atoms with Crippen LogP contribution >= 0.6 is 0 Å². The summed E-state index contributed by atoms with van der Waals surface area (Å²) in [5.74, 6) is 0. The number of hydrogen-bond donors (Lipinski definition) is 0. The largest absolute Gasteiger partial charge is 0.416 e. The number of alkyl halides is 3. The van der Waals surface area contributed by atoms with Crippen LogP contribution in [0.5, 0.6) is 0 Å². The van der Waals surface area contributed by atoms with Crippen molar-refractivity contribution in [3.05, 3.63) is 47.5 Å². The zero-order valence-corrected chi connectivity index (χ0v) is 9.07. The summed E-state index contributed by atoms with van der Waals surface area (Å²) in [4.78, 5) is 9.97. The van der Waals surface area contributed by atoms with Crippen molar-refractivity contribution in [1.82, 2.24) is 0 Å². The number of halogens is 3. The lowest BCUT2D eigenvalue weighted by molar-refractivity contribution is -0.339. The highest BCUT2D eigenvalue weighted by Crippen LogP contribution is 2.31. The van der Waals surface area contributed by atoms with Crippen molar-refractivity contribution in [2.45, 2.75) is 25.3 Å². The molecule has 1 aromatic rings. The van der Waals surface area contributed by atoms with Crippen LogP contribution in [-0.2, 0) is 16.0 Å². The van der Waals surface area contributed by atoms with Gasteiger partial charge in [-0.3, -0.25) is 0 Å². The maximum absolute atomic E-state index is 12.3. The summed E-state index contributed by atoms with van der Waals surface area (Å²) in [6, 6.07) is 4.84. The zero-order valence-electron chi connectivity index (χ0n) is 9.07. The van der Waals surface area contributed by atoms with Crippen LogP contribution in [0.4, 0.5) is 13.2 Å². The molecule has 92 valence electrons. The fourth-order valence-electron chi connectivity index (χ4n) is 1.50. The molecule has 0 N–H and O–H groups in total. The lowest BCUT2D eigenvalue weighted by Gasteiger charge is -2.20. The van der Waals surface area contributed by atoms with Crippen LogP contribution in [0, 0.1) is 0 Å². The number of rotatable bonds is 1. The minimum atomic E-state index is -4.31. The second kappa shape index (κ2) is 4.50. The first kappa shape index (κ1) is 12.1. The van der Waals surface area contributed by atoms with Crippen molar-refractivity contribution in [1.29, 1.82) is 0 Å². The van der Waals surface area contributed by atoms with Crippen LogP contribution in [0.1, 0.15) is 24.2 Å². The van der Waals surface area contributed by atoms with Crippen molar-refractivity contribution >= 4 is 0 Å². The highest BCUT2D eigenvalue weighted by molar-refractivity contribution is 5.28. The quantitative estimate of drug-likeness (QED) is 0.554. The summed E-state index contributed by atoms with van der Waals surface area (Å²) in [6.45, 7) is 1.81. The Bertz CT molecular complexity index is 409. The minimum Gasteiger partial charge on any atom is -0.229 e. The van der Waals surface area contributed by atoms with Crippen LogP contribution < -0.4 is 0 Å². The molecule has 0 aromatic heterocycles. The molecule has 1 aliphatic rings. The smallest absolute Gasteiger partial charge is 0.229 e. The average molecular weight is 244 g/mol. The van der Waals surface area contributed by atoms with Gasteiger partial charge in [-0.2, -0.15) is 13.2 Å². The number of hydrogen-bond acceptors (Lipinski definition) is 2. The molecular formula is C12H11F3O2. The Hall–Kier alpha value is -1.33. The summed E-state index contributed by atoms with van der Waals surface area (Å²) >= 11 is 0. The van der Waals surface area contributed by atoms with E-state index in [2.05, 4.69) is 0 Å². The van der Waals surface area contributed by atoms with Crippen LogP contribution in [0.15, 0.2) is 36.4 Å². The molecule has 0 saturated heterocycles. The lowest BCUT2D eigenvalue weighted by atomic mass is 10.1. The number of benzene rings is 1. The predicted octanol–water partition coefficient (Wildman–Crippen LogP) is 3.65. The van der Waals surface area contributed by atoms with Gasteiger partial charge >= 0.3 is 6.18 Å². The molecule has 5 heteroatoms. The van der Waals surface area contributed by atoms with E-state index in [4.69, 9.17) is 9.78 Å². The fourth-order valence-corrected chi connectivity index (χ4v) is 1.50.